The van der Waals surface area contributed by atoms with E-state index in [1.54, 1.807) is 0 Å². The van der Waals surface area contributed by atoms with Gasteiger partial charge in [-0.15, -0.1) is 0 Å². The van der Waals surface area contributed by atoms with Crippen LogP contribution in [0, 0.1) is 11.2 Å². The smallest absolute Gasteiger partial charge is 0.394 e. The van der Waals surface area contributed by atoms with Crippen molar-refractivity contribution in [3.63, 3.8) is 0 Å². The third-order valence-electron chi connectivity index (χ3n) is 8.63. The van der Waals surface area contributed by atoms with Gasteiger partial charge in [-0.25, -0.2) is 4.39 Å². The normalized spacial score (nSPS) is 22.7. The number of alkyl halides is 3. The molecule has 2 aliphatic rings. The number of rotatable bonds is 7. The predicted octanol–water partition coefficient (Wildman–Crippen LogP) is 6.17. The van der Waals surface area contributed by atoms with Crippen molar-refractivity contribution >= 4 is 52.3 Å². The Kier molecular flexibility index (Phi) is 8.30. The van der Waals surface area contributed by atoms with E-state index in [0.29, 0.717) is 0 Å². The Balaban J connectivity index is 1.73. The number of amides is 3. The van der Waals surface area contributed by atoms with Crippen molar-refractivity contribution in [2.45, 2.75) is 49.9 Å². The molecule has 5 rings (SSSR count). The molecule has 0 aromatic heterocycles. The van der Waals surface area contributed by atoms with E-state index in [4.69, 9.17) is 33.7 Å². The summed E-state index contributed by atoms with van der Waals surface area (Å²) in [7, 11) is 1.29. The molecular formula is C31H28Cl2F4N4O4. The van der Waals surface area contributed by atoms with Gasteiger partial charge in [-0.1, -0.05) is 55.2 Å². The van der Waals surface area contributed by atoms with Gasteiger partial charge in [-0.3, -0.25) is 14.4 Å². The van der Waals surface area contributed by atoms with Crippen molar-refractivity contribution in [2.24, 2.45) is 11.1 Å². The summed E-state index contributed by atoms with van der Waals surface area (Å²) < 4.78 is 64.2. The second-order valence-corrected chi connectivity index (χ2v) is 12.5. The van der Waals surface area contributed by atoms with Gasteiger partial charge < -0.3 is 26.4 Å². The zero-order valence-electron chi connectivity index (χ0n) is 24.1. The molecule has 3 aromatic rings. The fraction of sp³-hybridized carbons (Fsp3) is 0.323. The highest BCUT2D eigenvalue weighted by atomic mass is 35.5. The molecule has 8 nitrogen and oxygen atoms in total. The number of hydrogen-bond acceptors (Lipinski definition) is 5. The zero-order valence-corrected chi connectivity index (χ0v) is 25.6. The molecule has 0 bridgehead atoms. The van der Waals surface area contributed by atoms with Crippen LogP contribution < -0.4 is 26.4 Å². The molecule has 1 spiro atoms. The quantitative estimate of drug-likeness (QED) is 0.225. The Hall–Kier alpha value is -3.87. The van der Waals surface area contributed by atoms with Gasteiger partial charge >= 0.3 is 6.18 Å². The van der Waals surface area contributed by atoms with Gasteiger partial charge in [0, 0.05) is 28.2 Å². The predicted molar refractivity (Wildman–Crippen MR) is 161 cm³/mol. The lowest BCUT2D eigenvalue weighted by molar-refractivity contribution is -0.216. The molecule has 238 valence electrons. The molecular weight excluding hydrogens is 639 g/mol. The van der Waals surface area contributed by atoms with Gasteiger partial charge in [-0.2, -0.15) is 13.2 Å². The summed E-state index contributed by atoms with van der Waals surface area (Å²) in [4.78, 5) is 40.0. The van der Waals surface area contributed by atoms with E-state index < -0.39 is 65.0 Å². The van der Waals surface area contributed by atoms with Gasteiger partial charge in [0.2, 0.25) is 17.7 Å². The fourth-order valence-corrected chi connectivity index (χ4v) is 6.68. The first-order valence-electron chi connectivity index (χ1n) is 13.7. The van der Waals surface area contributed by atoms with Crippen LogP contribution in [-0.4, -0.2) is 43.1 Å². The number of primary amides is 1. The maximum atomic E-state index is 15.9. The standard InChI is InChI=1S/C31H28Cl2F4N4O4/c1-29(2,31(35,36)37)13-22-30(17-9-8-15(32)12-20(17)40-28(30)44)23(16-5-4-6-18(33)24(16)34)25(41-22)27(43)39-19-10-7-14(26(38)42)11-21(19)45-3/h4-12,22-23,25,41H,13H2,1-3H3,(H2,38,42)(H,39,43)(H,40,44). The van der Waals surface area contributed by atoms with Crippen molar-refractivity contribution in [3.8, 4) is 5.75 Å². The third kappa shape index (κ3) is 5.38. The first kappa shape index (κ1) is 32.5. The number of nitrogens with two attached hydrogens (primary N) is 1. The van der Waals surface area contributed by atoms with Crippen LogP contribution >= 0.6 is 23.2 Å². The molecule has 4 unspecified atom stereocenters. The van der Waals surface area contributed by atoms with Crippen LogP contribution in [0.3, 0.4) is 0 Å². The summed E-state index contributed by atoms with van der Waals surface area (Å²) in [6.45, 7) is 1.98. The van der Waals surface area contributed by atoms with Crippen LogP contribution in [-0.2, 0) is 15.0 Å². The van der Waals surface area contributed by atoms with Crippen molar-refractivity contribution in [1.82, 2.24) is 5.32 Å². The number of benzene rings is 3. The highest BCUT2D eigenvalue weighted by Crippen LogP contribution is 2.58. The largest absolute Gasteiger partial charge is 0.495 e. The number of fused-ring (bicyclic) bond motifs is 2. The van der Waals surface area contributed by atoms with E-state index in [1.807, 2.05) is 0 Å². The van der Waals surface area contributed by atoms with Crippen molar-refractivity contribution in [2.75, 3.05) is 17.7 Å². The Labute approximate surface area is 265 Å². The summed E-state index contributed by atoms with van der Waals surface area (Å²) in [5.74, 6) is -4.57. The summed E-state index contributed by atoms with van der Waals surface area (Å²) in [5.41, 5.74) is 1.59. The van der Waals surface area contributed by atoms with Crippen LogP contribution in [0.15, 0.2) is 54.6 Å². The molecule has 0 saturated carbocycles. The number of carbonyl (C=O) groups excluding carboxylic acids is 3. The number of hydrogen-bond donors (Lipinski definition) is 4. The lowest BCUT2D eigenvalue weighted by Gasteiger charge is -2.39. The Bertz CT molecular complexity index is 1720. The summed E-state index contributed by atoms with van der Waals surface area (Å²) in [5, 5.41) is 8.30. The average molecular weight is 667 g/mol. The Morgan fingerprint density at radius 3 is 2.44 bits per heavy atom. The highest BCUT2D eigenvalue weighted by Gasteiger charge is 2.67. The van der Waals surface area contributed by atoms with E-state index in [1.165, 1.54) is 61.7 Å². The number of ether oxygens (including phenoxy) is 1. The monoisotopic (exact) mass is 666 g/mol. The summed E-state index contributed by atoms with van der Waals surface area (Å²) >= 11 is 12.4. The first-order valence-corrected chi connectivity index (χ1v) is 14.5. The molecule has 14 heteroatoms. The van der Waals surface area contributed by atoms with Gasteiger partial charge in [0.05, 0.1) is 29.3 Å². The van der Waals surface area contributed by atoms with E-state index in [2.05, 4.69) is 16.0 Å². The molecule has 0 aliphatic carbocycles. The van der Waals surface area contributed by atoms with Crippen LogP contribution in [0.4, 0.5) is 28.9 Å². The van der Waals surface area contributed by atoms with Crippen LogP contribution in [0.5, 0.6) is 5.75 Å². The Morgan fingerprint density at radius 1 is 1.09 bits per heavy atom. The van der Waals surface area contributed by atoms with Crippen molar-refractivity contribution in [1.29, 1.82) is 0 Å². The minimum Gasteiger partial charge on any atom is -0.495 e. The van der Waals surface area contributed by atoms with Crippen LogP contribution in [0.25, 0.3) is 0 Å². The van der Waals surface area contributed by atoms with Gasteiger partial charge in [0.1, 0.15) is 17.0 Å². The van der Waals surface area contributed by atoms with E-state index >= 15 is 4.39 Å². The van der Waals surface area contributed by atoms with E-state index in [-0.39, 0.29) is 43.9 Å². The van der Waals surface area contributed by atoms with Gasteiger partial charge in [0.25, 0.3) is 0 Å². The van der Waals surface area contributed by atoms with Gasteiger partial charge in [0.15, 0.2) is 0 Å². The molecule has 5 N–H and O–H groups in total. The molecule has 3 amide bonds. The molecule has 1 fully saturated rings. The number of halogens is 6. The molecule has 2 heterocycles. The maximum Gasteiger partial charge on any atom is 0.394 e. The molecule has 0 radical (unpaired) electrons. The minimum absolute atomic E-state index is 0.0613. The first-order chi connectivity index (χ1) is 21.0. The fourth-order valence-electron chi connectivity index (χ4n) is 6.32. The van der Waals surface area contributed by atoms with Crippen LogP contribution in [0.1, 0.15) is 47.7 Å². The molecule has 3 aromatic carbocycles. The number of nitrogens with one attached hydrogen (secondary N) is 3. The molecule has 2 aliphatic heterocycles. The SMILES string of the molecule is COc1cc(C(N)=O)ccc1NC(=O)C1NC(CC(C)(C)C(F)(F)F)C2(C(=O)Nc3cc(Cl)ccc32)C1c1cccc(Cl)c1F. The second-order valence-electron chi connectivity index (χ2n) is 11.7. The minimum atomic E-state index is -4.69. The zero-order chi connectivity index (χ0) is 33.1. The number of anilines is 2. The highest BCUT2D eigenvalue weighted by molar-refractivity contribution is 6.31. The lowest BCUT2D eigenvalue weighted by Crippen LogP contribution is -2.51. The summed E-state index contributed by atoms with van der Waals surface area (Å²) in [6.07, 6.45) is -5.36. The van der Waals surface area contributed by atoms with Crippen LogP contribution in [0.2, 0.25) is 10.0 Å². The van der Waals surface area contributed by atoms with E-state index in [0.717, 1.165) is 13.8 Å². The van der Waals surface area contributed by atoms with Crippen molar-refractivity contribution in [3.05, 3.63) is 87.2 Å². The lowest BCUT2D eigenvalue weighted by atomic mass is 9.62. The van der Waals surface area contributed by atoms with Crippen molar-refractivity contribution < 1.29 is 36.7 Å². The number of carbonyl (C=O) groups is 3. The molecule has 45 heavy (non-hydrogen) atoms. The Morgan fingerprint density at radius 2 is 1.80 bits per heavy atom. The van der Waals surface area contributed by atoms with E-state index in [9.17, 15) is 27.6 Å². The maximum absolute atomic E-state index is 15.9. The summed E-state index contributed by atoms with van der Waals surface area (Å²) in [6, 6.07) is 9.65. The number of methoxy groups -OCH3 is 1. The molecule has 4 atom stereocenters. The van der Waals surface area contributed by atoms with Gasteiger partial charge in [-0.05, 0) is 53.9 Å². The second kappa shape index (κ2) is 11.5. The molecule has 1 saturated heterocycles. The topological polar surface area (TPSA) is 123 Å². The third-order valence-corrected chi connectivity index (χ3v) is 9.16. The average Bonchev–Trinajstić information content (AvgIpc) is 3.43.